The van der Waals surface area contributed by atoms with Crippen LogP contribution in [-0.2, 0) is 33.2 Å². The quantitative estimate of drug-likeness (QED) is 0.401. The monoisotopic (exact) mass is 396 g/mol. The maximum absolute atomic E-state index is 12.4. The lowest BCUT2D eigenvalue weighted by atomic mass is 9.82. The Labute approximate surface area is 166 Å². The van der Waals surface area contributed by atoms with Gasteiger partial charge >= 0.3 is 5.97 Å². The third-order valence-corrected chi connectivity index (χ3v) is 7.36. The van der Waals surface area contributed by atoms with E-state index in [4.69, 9.17) is 28.4 Å². The Bertz CT molecular complexity index is 618. The molecule has 3 saturated heterocycles. The second-order valence-electron chi connectivity index (χ2n) is 9.64. The van der Waals surface area contributed by atoms with Crippen molar-refractivity contribution in [2.75, 3.05) is 13.2 Å². The molecule has 28 heavy (non-hydrogen) atoms. The molecule has 3 heterocycles. The summed E-state index contributed by atoms with van der Waals surface area (Å²) in [4.78, 5) is 12.4. The van der Waals surface area contributed by atoms with Crippen molar-refractivity contribution in [3.05, 3.63) is 0 Å². The summed E-state index contributed by atoms with van der Waals surface area (Å²) >= 11 is 0. The van der Waals surface area contributed by atoms with Crippen LogP contribution in [0.3, 0.4) is 0 Å². The minimum atomic E-state index is -0.607. The second-order valence-corrected chi connectivity index (χ2v) is 9.64. The van der Waals surface area contributed by atoms with Crippen LogP contribution in [0, 0.1) is 11.8 Å². The van der Waals surface area contributed by atoms with Gasteiger partial charge in [0, 0.05) is 5.92 Å². The van der Waals surface area contributed by atoms with Crippen LogP contribution in [0.25, 0.3) is 0 Å². The van der Waals surface area contributed by atoms with Gasteiger partial charge in [0.15, 0.2) is 6.29 Å². The van der Waals surface area contributed by atoms with Crippen molar-refractivity contribution < 1.29 is 33.2 Å². The molecule has 0 aromatic heterocycles. The van der Waals surface area contributed by atoms with Gasteiger partial charge in [0.25, 0.3) is 0 Å². The third-order valence-electron chi connectivity index (χ3n) is 7.36. The van der Waals surface area contributed by atoms with Crippen LogP contribution in [0.2, 0.25) is 0 Å². The summed E-state index contributed by atoms with van der Waals surface area (Å²) in [5, 5.41) is 0. The fraction of sp³-hybridized carbons (Fsp3) is 0.952. The maximum Gasteiger partial charge on any atom is 0.311 e. The van der Waals surface area contributed by atoms with Crippen LogP contribution >= 0.6 is 0 Å². The summed E-state index contributed by atoms with van der Waals surface area (Å²) in [6, 6.07) is 0. The predicted octanol–water partition coefficient (Wildman–Crippen LogP) is 2.55. The summed E-state index contributed by atoms with van der Waals surface area (Å²) in [6.45, 7) is 6.99. The van der Waals surface area contributed by atoms with E-state index >= 15 is 0 Å². The summed E-state index contributed by atoms with van der Waals surface area (Å²) in [6.07, 6.45) is 5.23. The molecule has 0 aromatic carbocycles. The lowest BCUT2D eigenvalue weighted by Crippen LogP contribution is -2.44. The summed E-state index contributed by atoms with van der Waals surface area (Å²) in [5.41, 5.74) is 0.119. The lowest BCUT2D eigenvalue weighted by Gasteiger charge is -2.36. The second kappa shape index (κ2) is 6.91. The van der Waals surface area contributed by atoms with Gasteiger partial charge in [-0.25, -0.2) is 0 Å². The standard InChI is InChI=1S/C21H32O7/c1-12(26-18(22)13-4-6-20(2)16(8-13)27-20)25-15-10-23-19(24-11-15)14-5-7-21(3)17(9-14)28-21/h12-17,19H,4-11H2,1-3H3. The van der Waals surface area contributed by atoms with E-state index in [1.165, 1.54) is 0 Å². The van der Waals surface area contributed by atoms with Crippen LogP contribution in [0.15, 0.2) is 0 Å². The molecular formula is C21H32O7. The topological polar surface area (TPSA) is 79.1 Å². The molecule has 7 heteroatoms. The maximum atomic E-state index is 12.4. The first-order chi connectivity index (χ1) is 13.3. The first kappa shape index (κ1) is 19.2. The molecular weight excluding hydrogens is 364 g/mol. The van der Waals surface area contributed by atoms with E-state index in [0.717, 1.165) is 38.5 Å². The van der Waals surface area contributed by atoms with Crippen molar-refractivity contribution in [2.45, 2.75) is 101 Å². The fourth-order valence-electron chi connectivity index (χ4n) is 5.19. The first-order valence-corrected chi connectivity index (χ1v) is 10.8. The number of fused-ring (bicyclic) bond motifs is 2. The van der Waals surface area contributed by atoms with Gasteiger partial charge in [-0.1, -0.05) is 0 Å². The van der Waals surface area contributed by atoms with Crippen LogP contribution in [0.4, 0.5) is 0 Å². The minimum absolute atomic E-state index is 0.00873. The van der Waals surface area contributed by atoms with E-state index in [1.807, 2.05) is 0 Å². The molecule has 3 aliphatic heterocycles. The van der Waals surface area contributed by atoms with E-state index in [-0.39, 0.29) is 41.6 Å². The average Bonchev–Trinajstić information content (AvgIpc) is 3.53. The van der Waals surface area contributed by atoms with Gasteiger partial charge in [-0.05, 0) is 59.3 Å². The van der Waals surface area contributed by atoms with Crippen molar-refractivity contribution in [2.24, 2.45) is 11.8 Å². The molecule has 0 bridgehead atoms. The molecule has 158 valence electrons. The highest BCUT2D eigenvalue weighted by Gasteiger charge is 2.57. The molecule has 7 unspecified atom stereocenters. The van der Waals surface area contributed by atoms with E-state index in [1.54, 1.807) is 6.92 Å². The Morgan fingerprint density at radius 2 is 1.64 bits per heavy atom. The van der Waals surface area contributed by atoms with Crippen LogP contribution < -0.4 is 0 Å². The minimum Gasteiger partial charge on any atom is -0.436 e. The largest absolute Gasteiger partial charge is 0.436 e. The first-order valence-electron chi connectivity index (χ1n) is 10.8. The molecule has 2 saturated carbocycles. The highest BCUT2D eigenvalue weighted by molar-refractivity contribution is 5.73. The third kappa shape index (κ3) is 3.72. The van der Waals surface area contributed by atoms with Gasteiger partial charge in [-0.2, -0.15) is 0 Å². The molecule has 7 atom stereocenters. The number of hydrogen-bond donors (Lipinski definition) is 0. The molecule has 0 N–H and O–H groups in total. The number of hydrogen-bond acceptors (Lipinski definition) is 7. The number of ether oxygens (including phenoxy) is 6. The molecule has 7 nitrogen and oxygen atoms in total. The van der Waals surface area contributed by atoms with Crippen molar-refractivity contribution >= 4 is 5.97 Å². The van der Waals surface area contributed by atoms with Crippen molar-refractivity contribution in [1.82, 2.24) is 0 Å². The van der Waals surface area contributed by atoms with Crippen LogP contribution in [0.5, 0.6) is 0 Å². The number of carbonyl (C=O) groups excluding carboxylic acids is 1. The molecule has 5 rings (SSSR count). The number of carbonyl (C=O) groups is 1. The Morgan fingerprint density at radius 3 is 2.29 bits per heavy atom. The smallest absolute Gasteiger partial charge is 0.311 e. The normalized spacial score (nSPS) is 50.8. The molecule has 0 spiro atoms. The number of rotatable bonds is 5. The van der Waals surface area contributed by atoms with Gasteiger partial charge in [-0.15, -0.1) is 0 Å². The zero-order valence-electron chi connectivity index (χ0n) is 17.1. The van der Waals surface area contributed by atoms with Gasteiger partial charge in [-0.3, -0.25) is 4.79 Å². The van der Waals surface area contributed by atoms with E-state index < -0.39 is 6.29 Å². The molecule has 2 aliphatic carbocycles. The Morgan fingerprint density at radius 1 is 1.00 bits per heavy atom. The van der Waals surface area contributed by atoms with Gasteiger partial charge in [0.2, 0.25) is 6.29 Å². The van der Waals surface area contributed by atoms with Gasteiger partial charge in [0.1, 0.15) is 6.10 Å². The molecule has 0 radical (unpaired) electrons. The zero-order valence-corrected chi connectivity index (χ0v) is 17.1. The Kier molecular flexibility index (Phi) is 4.75. The van der Waals surface area contributed by atoms with Crippen molar-refractivity contribution in [3.8, 4) is 0 Å². The molecule has 0 aromatic rings. The van der Waals surface area contributed by atoms with E-state index in [9.17, 15) is 4.79 Å². The van der Waals surface area contributed by atoms with E-state index in [0.29, 0.717) is 25.2 Å². The van der Waals surface area contributed by atoms with Gasteiger partial charge in [0.05, 0.1) is 42.5 Å². The Balaban J connectivity index is 1.02. The highest BCUT2D eigenvalue weighted by atomic mass is 16.7. The van der Waals surface area contributed by atoms with Gasteiger partial charge < -0.3 is 28.4 Å². The molecule has 5 aliphatic rings. The summed E-state index contributed by atoms with van der Waals surface area (Å²) in [7, 11) is 0. The predicted molar refractivity (Wildman–Crippen MR) is 97.4 cm³/mol. The van der Waals surface area contributed by atoms with Crippen LogP contribution in [-0.4, -0.2) is 61.3 Å². The fourth-order valence-corrected chi connectivity index (χ4v) is 5.19. The van der Waals surface area contributed by atoms with Crippen molar-refractivity contribution in [1.29, 1.82) is 0 Å². The molecule has 0 amide bonds. The Hall–Kier alpha value is -0.730. The number of esters is 1. The van der Waals surface area contributed by atoms with Crippen molar-refractivity contribution in [3.63, 3.8) is 0 Å². The highest BCUT2D eigenvalue weighted by Crippen LogP contribution is 2.51. The lowest BCUT2D eigenvalue weighted by molar-refractivity contribution is -0.272. The zero-order chi connectivity index (χ0) is 19.5. The molecule has 5 fully saturated rings. The number of epoxide rings is 2. The van der Waals surface area contributed by atoms with E-state index in [2.05, 4.69) is 13.8 Å². The summed E-state index contributed by atoms with van der Waals surface area (Å²) < 4.78 is 34.6. The SMILES string of the molecule is CC(OC(=O)C1CCC2(C)OC2C1)OC1COC(C2CCC3(C)OC3C2)OC1. The average molecular weight is 396 g/mol. The summed E-state index contributed by atoms with van der Waals surface area (Å²) in [5.74, 6) is 0.116. The van der Waals surface area contributed by atoms with Crippen LogP contribution in [0.1, 0.15) is 59.3 Å².